The van der Waals surface area contributed by atoms with Crippen LogP contribution in [0.1, 0.15) is 60.0 Å². The van der Waals surface area contributed by atoms with Crippen LogP contribution < -0.4 is 14.8 Å². The van der Waals surface area contributed by atoms with Crippen molar-refractivity contribution in [2.24, 2.45) is 5.92 Å². The van der Waals surface area contributed by atoms with Gasteiger partial charge in [-0.1, -0.05) is 80.6 Å². The highest BCUT2D eigenvalue weighted by atomic mass is 16.5. The number of hydrogen-bond donors (Lipinski definition) is 1. The van der Waals surface area contributed by atoms with Crippen molar-refractivity contribution < 1.29 is 23.8 Å². The zero-order valence-corrected chi connectivity index (χ0v) is 21.4. The van der Waals surface area contributed by atoms with Crippen LogP contribution >= 0.6 is 0 Å². The Balaban J connectivity index is 1.30. The highest BCUT2D eigenvalue weighted by Gasteiger charge is 2.27. The summed E-state index contributed by atoms with van der Waals surface area (Å²) in [5.74, 6) is 1.10. The molecule has 0 aromatic heterocycles. The number of esters is 1. The van der Waals surface area contributed by atoms with E-state index in [0.717, 1.165) is 29.7 Å². The van der Waals surface area contributed by atoms with Crippen LogP contribution in [0.3, 0.4) is 0 Å². The molecule has 1 atom stereocenters. The lowest BCUT2D eigenvalue weighted by atomic mass is 9.85. The normalized spacial score (nSPS) is 14.4. The van der Waals surface area contributed by atoms with Gasteiger partial charge < -0.3 is 19.5 Å². The minimum absolute atomic E-state index is 0.309. The Morgan fingerprint density at radius 3 is 2.19 bits per heavy atom. The van der Waals surface area contributed by atoms with E-state index in [1.54, 1.807) is 18.2 Å². The van der Waals surface area contributed by atoms with Gasteiger partial charge in [-0.15, -0.1) is 0 Å². The smallest absolute Gasteiger partial charge is 0.328 e. The third kappa shape index (κ3) is 8.10. The fourth-order valence-corrected chi connectivity index (χ4v) is 4.67. The Kier molecular flexibility index (Phi) is 9.58. The van der Waals surface area contributed by atoms with Crippen molar-refractivity contribution in [1.29, 1.82) is 0 Å². The maximum atomic E-state index is 13.0. The van der Waals surface area contributed by atoms with Crippen molar-refractivity contribution in [2.45, 2.75) is 57.8 Å². The molecule has 0 bridgehead atoms. The predicted molar refractivity (Wildman–Crippen MR) is 142 cm³/mol. The molecule has 0 heterocycles. The van der Waals surface area contributed by atoms with Crippen molar-refractivity contribution >= 4 is 11.9 Å². The van der Waals surface area contributed by atoms with Gasteiger partial charge in [0, 0.05) is 5.56 Å². The Morgan fingerprint density at radius 1 is 0.811 bits per heavy atom. The summed E-state index contributed by atoms with van der Waals surface area (Å²) in [7, 11) is 1.36. The second-order valence-electron chi connectivity index (χ2n) is 9.52. The molecule has 0 unspecified atom stereocenters. The topological polar surface area (TPSA) is 73.9 Å². The molecule has 0 radical (unpaired) electrons. The van der Waals surface area contributed by atoms with Crippen LogP contribution in [0.15, 0.2) is 78.9 Å². The minimum atomic E-state index is -0.646. The van der Waals surface area contributed by atoms with Crippen LogP contribution in [0.4, 0.5) is 0 Å². The van der Waals surface area contributed by atoms with Gasteiger partial charge in [0.2, 0.25) is 0 Å². The number of ether oxygens (including phenoxy) is 3. The first kappa shape index (κ1) is 26.3. The summed E-state index contributed by atoms with van der Waals surface area (Å²) in [6.45, 7) is 0.875. The zero-order valence-electron chi connectivity index (χ0n) is 21.4. The number of hydrogen-bond acceptors (Lipinski definition) is 5. The molecule has 0 aliphatic heterocycles. The summed E-state index contributed by atoms with van der Waals surface area (Å²) in [5, 5.41) is 2.88. The first-order valence-electron chi connectivity index (χ1n) is 13.0. The van der Waals surface area contributed by atoms with Crippen molar-refractivity contribution in [3.05, 3.63) is 95.6 Å². The van der Waals surface area contributed by atoms with Gasteiger partial charge in [0.05, 0.1) is 7.11 Å². The molecular formula is C31H35NO5. The maximum absolute atomic E-state index is 13.0. The maximum Gasteiger partial charge on any atom is 0.328 e. The summed E-state index contributed by atoms with van der Waals surface area (Å²) in [5.41, 5.74) is 2.55. The van der Waals surface area contributed by atoms with E-state index in [0.29, 0.717) is 36.9 Å². The third-order valence-electron chi connectivity index (χ3n) is 6.76. The molecule has 4 rings (SSSR count). The third-order valence-corrected chi connectivity index (χ3v) is 6.76. The number of benzene rings is 3. The van der Waals surface area contributed by atoms with Gasteiger partial charge in [0.1, 0.15) is 30.8 Å². The molecule has 0 saturated heterocycles. The number of rotatable bonds is 11. The molecule has 1 aliphatic rings. The van der Waals surface area contributed by atoms with Gasteiger partial charge in [-0.05, 0) is 53.8 Å². The van der Waals surface area contributed by atoms with E-state index >= 15 is 0 Å². The number of carbonyl (C=O) groups excluding carboxylic acids is 2. The molecule has 1 fully saturated rings. The summed E-state index contributed by atoms with van der Waals surface area (Å²) in [6, 6.07) is 24.2. The lowest BCUT2D eigenvalue weighted by Crippen LogP contribution is -2.43. The standard InChI is InChI=1S/C31H35NO5/c1-35-31(34)29(19-23-9-4-2-5-10-23)32-30(33)26-13-8-14-28(20-26)37-22-25-15-17-27(18-16-25)36-21-24-11-6-3-7-12-24/h3,6-8,11-18,20,23,29H,2,4-5,9-10,19,21-22H2,1H3,(H,32,33)/t29-/m0/s1. The molecule has 3 aromatic carbocycles. The van der Waals surface area contributed by atoms with Gasteiger partial charge in [-0.3, -0.25) is 4.79 Å². The number of nitrogens with one attached hydrogen (secondary N) is 1. The van der Waals surface area contributed by atoms with E-state index in [2.05, 4.69) is 5.32 Å². The predicted octanol–water partition coefficient (Wildman–Crippen LogP) is 6.09. The molecule has 1 amide bonds. The number of amides is 1. The highest BCUT2D eigenvalue weighted by Crippen LogP contribution is 2.28. The van der Waals surface area contributed by atoms with Crippen LogP contribution in [0.5, 0.6) is 11.5 Å². The minimum Gasteiger partial charge on any atom is -0.489 e. The molecule has 1 saturated carbocycles. The van der Waals surface area contributed by atoms with Gasteiger partial charge in [-0.2, -0.15) is 0 Å². The van der Waals surface area contributed by atoms with Crippen LogP contribution in [-0.4, -0.2) is 25.0 Å². The van der Waals surface area contributed by atoms with E-state index < -0.39 is 12.0 Å². The lowest BCUT2D eigenvalue weighted by molar-refractivity contribution is -0.143. The second kappa shape index (κ2) is 13.5. The molecule has 3 aromatic rings. The van der Waals surface area contributed by atoms with Gasteiger partial charge in [0.25, 0.3) is 5.91 Å². The number of carbonyl (C=O) groups is 2. The Bertz CT molecular complexity index is 1140. The van der Waals surface area contributed by atoms with E-state index in [-0.39, 0.29) is 5.91 Å². The first-order chi connectivity index (χ1) is 18.1. The lowest BCUT2D eigenvalue weighted by Gasteiger charge is -2.25. The average Bonchev–Trinajstić information content (AvgIpc) is 2.96. The van der Waals surface area contributed by atoms with Crippen LogP contribution in [0.25, 0.3) is 0 Å². The van der Waals surface area contributed by atoms with Gasteiger partial charge >= 0.3 is 5.97 Å². The van der Waals surface area contributed by atoms with Gasteiger partial charge in [0.15, 0.2) is 0 Å². The van der Waals surface area contributed by atoms with E-state index in [1.807, 2.05) is 60.7 Å². The monoisotopic (exact) mass is 501 g/mol. The molecule has 1 aliphatic carbocycles. The Labute approximate surface area is 218 Å². The van der Waals surface area contributed by atoms with E-state index in [1.165, 1.54) is 26.4 Å². The van der Waals surface area contributed by atoms with Crippen LogP contribution in [0, 0.1) is 5.92 Å². The first-order valence-corrected chi connectivity index (χ1v) is 13.0. The molecule has 194 valence electrons. The largest absolute Gasteiger partial charge is 0.489 e. The quantitative estimate of drug-likeness (QED) is 0.322. The Hall–Kier alpha value is -3.80. The summed E-state index contributed by atoms with van der Waals surface area (Å²) < 4.78 is 16.7. The Morgan fingerprint density at radius 2 is 1.49 bits per heavy atom. The zero-order chi connectivity index (χ0) is 25.9. The molecule has 37 heavy (non-hydrogen) atoms. The van der Waals surface area contributed by atoms with Crippen molar-refractivity contribution in [3.8, 4) is 11.5 Å². The van der Waals surface area contributed by atoms with E-state index in [4.69, 9.17) is 14.2 Å². The fourth-order valence-electron chi connectivity index (χ4n) is 4.67. The summed E-state index contributed by atoms with van der Waals surface area (Å²) in [6.07, 6.45) is 6.38. The number of methoxy groups -OCH3 is 1. The fraction of sp³-hybridized carbons (Fsp3) is 0.355. The second-order valence-corrected chi connectivity index (χ2v) is 9.52. The SMILES string of the molecule is COC(=O)[C@H](CC1CCCCC1)NC(=O)c1cccc(OCc2ccc(OCc3ccccc3)cc2)c1. The highest BCUT2D eigenvalue weighted by molar-refractivity contribution is 5.97. The molecule has 6 nitrogen and oxygen atoms in total. The van der Waals surface area contributed by atoms with Crippen LogP contribution in [0.2, 0.25) is 0 Å². The van der Waals surface area contributed by atoms with Crippen molar-refractivity contribution in [1.82, 2.24) is 5.32 Å². The van der Waals surface area contributed by atoms with Crippen LogP contribution in [-0.2, 0) is 22.7 Å². The average molecular weight is 502 g/mol. The van der Waals surface area contributed by atoms with Crippen molar-refractivity contribution in [3.63, 3.8) is 0 Å². The molecular weight excluding hydrogens is 466 g/mol. The van der Waals surface area contributed by atoms with E-state index in [9.17, 15) is 9.59 Å². The summed E-state index contributed by atoms with van der Waals surface area (Å²) in [4.78, 5) is 25.3. The molecule has 1 N–H and O–H groups in total. The molecule has 0 spiro atoms. The summed E-state index contributed by atoms with van der Waals surface area (Å²) >= 11 is 0. The van der Waals surface area contributed by atoms with Crippen molar-refractivity contribution in [2.75, 3.05) is 7.11 Å². The van der Waals surface area contributed by atoms with Gasteiger partial charge in [-0.25, -0.2) is 4.79 Å². The molecule has 6 heteroatoms.